The highest BCUT2D eigenvalue weighted by Gasteiger charge is 2.18. The first-order chi connectivity index (χ1) is 9.20. The van der Waals surface area contributed by atoms with E-state index < -0.39 is 11.7 Å². The highest BCUT2D eigenvalue weighted by Crippen LogP contribution is 2.14. The van der Waals surface area contributed by atoms with E-state index in [0.717, 1.165) is 5.56 Å². The standard InChI is InChI=1S/C16H23NO3/c1-11(2)14(18)13-9-7-6-8-12(13)10-17-15(19)20-16(3,4)5/h6-9,11H,10H2,1-5H3,(H,17,19). The lowest BCUT2D eigenvalue weighted by Gasteiger charge is -2.20. The Balaban J connectivity index is 2.74. The zero-order chi connectivity index (χ0) is 15.3. The van der Waals surface area contributed by atoms with Gasteiger partial charge in [-0.2, -0.15) is 0 Å². The fourth-order valence-electron chi connectivity index (χ4n) is 1.71. The number of nitrogens with one attached hydrogen (secondary N) is 1. The number of hydrogen-bond acceptors (Lipinski definition) is 3. The Kier molecular flexibility index (Phi) is 5.31. The third-order valence-corrected chi connectivity index (χ3v) is 2.63. The largest absolute Gasteiger partial charge is 0.444 e. The van der Waals surface area contributed by atoms with Gasteiger partial charge in [-0.1, -0.05) is 38.1 Å². The van der Waals surface area contributed by atoms with Crippen molar-refractivity contribution in [1.29, 1.82) is 0 Å². The van der Waals surface area contributed by atoms with Gasteiger partial charge in [0.15, 0.2) is 5.78 Å². The molecule has 0 saturated heterocycles. The van der Waals surface area contributed by atoms with Crippen molar-refractivity contribution in [2.75, 3.05) is 0 Å². The second-order valence-electron chi connectivity index (χ2n) is 6.03. The Morgan fingerprint density at radius 3 is 2.35 bits per heavy atom. The number of carbonyl (C=O) groups is 2. The molecule has 0 bridgehead atoms. The number of hydrogen-bond donors (Lipinski definition) is 1. The van der Waals surface area contributed by atoms with Crippen molar-refractivity contribution in [3.8, 4) is 0 Å². The lowest BCUT2D eigenvalue weighted by Crippen LogP contribution is -2.32. The maximum Gasteiger partial charge on any atom is 0.407 e. The van der Waals surface area contributed by atoms with E-state index >= 15 is 0 Å². The number of carbonyl (C=O) groups excluding carboxylic acids is 2. The van der Waals surface area contributed by atoms with Crippen molar-refractivity contribution >= 4 is 11.9 Å². The highest BCUT2D eigenvalue weighted by molar-refractivity contribution is 5.98. The number of rotatable bonds is 4. The van der Waals surface area contributed by atoms with Gasteiger partial charge >= 0.3 is 6.09 Å². The Bertz CT molecular complexity index is 487. The Hall–Kier alpha value is -1.84. The van der Waals surface area contributed by atoms with Crippen LogP contribution in [0.3, 0.4) is 0 Å². The predicted octanol–water partition coefficient (Wildman–Crippen LogP) is 3.55. The molecule has 0 aliphatic rings. The van der Waals surface area contributed by atoms with E-state index in [-0.39, 0.29) is 18.2 Å². The Morgan fingerprint density at radius 1 is 1.20 bits per heavy atom. The van der Waals surface area contributed by atoms with E-state index in [4.69, 9.17) is 4.74 Å². The van der Waals surface area contributed by atoms with Crippen LogP contribution in [-0.2, 0) is 11.3 Å². The summed E-state index contributed by atoms with van der Waals surface area (Å²) in [6.07, 6.45) is -0.482. The summed E-state index contributed by atoms with van der Waals surface area (Å²) >= 11 is 0. The molecular weight excluding hydrogens is 254 g/mol. The molecule has 4 heteroatoms. The first kappa shape index (κ1) is 16.2. The molecule has 0 fully saturated rings. The van der Waals surface area contributed by atoms with Gasteiger partial charge in [-0.25, -0.2) is 4.79 Å². The summed E-state index contributed by atoms with van der Waals surface area (Å²) in [4.78, 5) is 23.7. The lowest BCUT2D eigenvalue weighted by atomic mass is 9.96. The first-order valence-corrected chi connectivity index (χ1v) is 6.79. The van der Waals surface area contributed by atoms with Crippen LogP contribution in [-0.4, -0.2) is 17.5 Å². The number of benzene rings is 1. The molecule has 4 nitrogen and oxygen atoms in total. The normalized spacial score (nSPS) is 11.3. The Labute approximate surface area is 120 Å². The maximum atomic E-state index is 12.1. The van der Waals surface area contributed by atoms with Crippen molar-refractivity contribution in [2.24, 2.45) is 5.92 Å². The van der Waals surface area contributed by atoms with Gasteiger partial charge in [0.1, 0.15) is 5.60 Å². The van der Waals surface area contributed by atoms with E-state index in [0.29, 0.717) is 5.56 Å². The summed E-state index contributed by atoms with van der Waals surface area (Å²) in [7, 11) is 0. The van der Waals surface area contributed by atoms with E-state index in [2.05, 4.69) is 5.32 Å². The number of Topliss-reactive ketones (excluding diaryl/α,β-unsaturated/α-hetero) is 1. The molecule has 0 aliphatic heterocycles. The van der Waals surface area contributed by atoms with Crippen LogP contribution < -0.4 is 5.32 Å². The van der Waals surface area contributed by atoms with Gasteiger partial charge in [0, 0.05) is 18.0 Å². The molecule has 0 aromatic heterocycles. The zero-order valence-corrected chi connectivity index (χ0v) is 12.8. The summed E-state index contributed by atoms with van der Waals surface area (Å²) in [6, 6.07) is 7.30. The molecule has 1 amide bonds. The average Bonchev–Trinajstić information content (AvgIpc) is 2.33. The van der Waals surface area contributed by atoms with Crippen LogP contribution in [0.1, 0.15) is 50.5 Å². The van der Waals surface area contributed by atoms with Crippen molar-refractivity contribution in [3.63, 3.8) is 0 Å². The van der Waals surface area contributed by atoms with E-state index in [1.165, 1.54) is 0 Å². The predicted molar refractivity (Wildman–Crippen MR) is 78.7 cm³/mol. The molecule has 0 radical (unpaired) electrons. The fourth-order valence-corrected chi connectivity index (χ4v) is 1.71. The van der Waals surface area contributed by atoms with E-state index in [1.807, 2.05) is 52.8 Å². The molecule has 1 aromatic rings. The van der Waals surface area contributed by atoms with Crippen LogP contribution in [0.5, 0.6) is 0 Å². The van der Waals surface area contributed by atoms with Gasteiger partial charge in [0.25, 0.3) is 0 Å². The van der Waals surface area contributed by atoms with Crippen LogP contribution in [0.15, 0.2) is 24.3 Å². The summed E-state index contributed by atoms with van der Waals surface area (Å²) in [5.41, 5.74) is 0.924. The van der Waals surface area contributed by atoms with Crippen LogP contribution in [0, 0.1) is 5.92 Å². The van der Waals surface area contributed by atoms with E-state index in [1.54, 1.807) is 6.07 Å². The van der Waals surface area contributed by atoms with Gasteiger partial charge < -0.3 is 10.1 Å². The second-order valence-corrected chi connectivity index (χ2v) is 6.03. The number of amides is 1. The van der Waals surface area contributed by atoms with Gasteiger partial charge in [-0.3, -0.25) is 4.79 Å². The van der Waals surface area contributed by atoms with Gasteiger partial charge in [0.2, 0.25) is 0 Å². The van der Waals surface area contributed by atoms with Crippen molar-refractivity contribution in [2.45, 2.75) is 46.8 Å². The monoisotopic (exact) mass is 277 g/mol. The summed E-state index contributed by atoms with van der Waals surface area (Å²) in [5, 5.41) is 2.68. The van der Waals surface area contributed by atoms with Crippen LogP contribution in [0.2, 0.25) is 0 Å². The summed E-state index contributed by atoms with van der Waals surface area (Å²) < 4.78 is 5.17. The van der Waals surface area contributed by atoms with Crippen molar-refractivity contribution < 1.29 is 14.3 Å². The van der Waals surface area contributed by atoms with Crippen LogP contribution in [0.4, 0.5) is 4.79 Å². The Morgan fingerprint density at radius 2 is 1.80 bits per heavy atom. The molecule has 0 saturated carbocycles. The topological polar surface area (TPSA) is 55.4 Å². The number of alkyl carbamates (subject to hydrolysis) is 1. The molecule has 110 valence electrons. The molecule has 0 unspecified atom stereocenters. The quantitative estimate of drug-likeness (QED) is 0.856. The SMILES string of the molecule is CC(C)C(=O)c1ccccc1CNC(=O)OC(C)(C)C. The smallest absolute Gasteiger partial charge is 0.407 e. The van der Waals surface area contributed by atoms with Gasteiger partial charge in [0.05, 0.1) is 0 Å². The zero-order valence-electron chi connectivity index (χ0n) is 12.8. The van der Waals surface area contributed by atoms with Crippen molar-refractivity contribution in [3.05, 3.63) is 35.4 Å². The van der Waals surface area contributed by atoms with E-state index in [9.17, 15) is 9.59 Å². The minimum atomic E-state index is -0.530. The maximum absolute atomic E-state index is 12.1. The first-order valence-electron chi connectivity index (χ1n) is 6.79. The van der Waals surface area contributed by atoms with Gasteiger partial charge in [-0.15, -0.1) is 0 Å². The molecule has 0 aliphatic carbocycles. The summed E-state index contributed by atoms with van der Waals surface area (Å²) in [6.45, 7) is 9.43. The summed E-state index contributed by atoms with van der Waals surface area (Å²) in [5.74, 6) is 0.00395. The molecule has 20 heavy (non-hydrogen) atoms. The fraction of sp³-hybridized carbons (Fsp3) is 0.500. The average molecular weight is 277 g/mol. The number of ketones is 1. The molecular formula is C16H23NO3. The highest BCUT2D eigenvalue weighted by atomic mass is 16.6. The van der Waals surface area contributed by atoms with Crippen molar-refractivity contribution in [1.82, 2.24) is 5.32 Å². The third kappa shape index (κ3) is 5.03. The molecule has 1 N–H and O–H groups in total. The molecule has 0 atom stereocenters. The third-order valence-electron chi connectivity index (χ3n) is 2.63. The number of ether oxygens (including phenoxy) is 1. The van der Waals surface area contributed by atoms with Crippen LogP contribution >= 0.6 is 0 Å². The van der Waals surface area contributed by atoms with Gasteiger partial charge in [-0.05, 0) is 26.3 Å². The molecule has 1 aromatic carbocycles. The minimum Gasteiger partial charge on any atom is -0.444 e. The molecule has 0 heterocycles. The molecule has 1 rings (SSSR count). The van der Waals surface area contributed by atoms with Crippen LogP contribution in [0.25, 0.3) is 0 Å². The second kappa shape index (κ2) is 6.55. The lowest BCUT2D eigenvalue weighted by molar-refractivity contribution is 0.0523. The molecule has 0 spiro atoms. The minimum absolute atomic E-state index is 0.0716.